The molecule has 0 aromatic heterocycles. The molecule has 2 aromatic rings. The topological polar surface area (TPSA) is 88.2 Å². The second kappa shape index (κ2) is 6.39. The average molecular weight is 283 g/mol. The Hall–Kier alpha value is -3.07. The number of rotatable bonds is 5. The Morgan fingerprint density at radius 2 is 2.10 bits per heavy atom. The third kappa shape index (κ3) is 3.28. The van der Waals surface area contributed by atoms with Crippen LogP contribution in [0.1, 0.15) is 11.1 Å². The normalized spacial score (nSPS) is 9.71. The van der Waals surface area contributed by atoms with Crippen molar-refractivity contribution < 1.29 is 9.66 Å². The second-order valence-electron chi connectivity index (χ2n) is 4.25. The molecule has 0 unspecified atom stereocenters. The van der Waals surface area contributed by atoms with E-state index in [1.165, 1.54) is 12.1 Å². The van der Waals surface area contributed by atoms with E-state index in [1.54, 1.807) is 37.4 Å². The Balaban J connectivity index is 2.25. The van der Waals surface area contributed by atoms with Crippen molar-refractivity contribution >= 4 is 11.4 Å². The number of nitrogens with one attached hydrogen (secondary N) is 1. The maximum Gasteiger partial charge on any atom is 0.269 e. The number of hydrogen-bond donors (Lipinski definition) is 1. The number of non-ortho nitro benzene ring substituents is 1. The Bertz CT molecular complexity index is 708. The minimum Gasteiger partial charge on any atom is -0.487 e. The largest absolute Gasteiger partial charge is 0.487 e. The third-order valence-electron chi connectivity index (χ3n) is 2.96. The van der Waals surface area contributed by atoms with Crippen molar-refractivity contribution in [2.45, 2.75) is 6.61 Å². The average Bonchev–Trinajstić information content (AvgIpc) is 2.52. The fraction of sp³-hybridized carbons (Fsp3) is 0.133. The fourth-order valence-corrected chi connectivity index (χ4v) is 1.90. The molecule has 0 radical (unpaired) electrons. The predicted molar refractivity (Wildman–Crippen MR) is 78.1 cm³/mol. The van der Waals surface area contributed by atoms with Crippen LogP contribution in [0, 0.1) is 21.4 Å². The van der Waals surface area contributed by atoms with E-state index in [1.807, 2.05) is 6.07 Å². The molecule has 6 nitrogen and oxygen atoms in total. The van der Waals surface area contributed by atoms with Crippen molar-refractivity contribution in [3.05, 3.63) is 63.7 Å². The molecule has 0 fully saturated rings. The van der Waals surface area contributed by atoms with Gasteiger partial charge >= 0.3 is 0 Å². The number of nitrogens with zero attached hydrogens (tertiary/aromatic N) is 2. The molecular formula is C15H13N3O3. The second-order valence-corrected chi connectivity index (χ2v) is 4.25. The summed E-state index contributed by atoms with van der Waals surface area (Å²) in [6.07, 6.45) is 0. The van der Waals surface area contributed by atoms with E-state index < -0.39 is 4.92 Å². The molecular weight excluding hydrogens is 270 g/mol. The molecule has 0 aliphatic heterocycles. The number of nitro groups is 1. The van der Waals surface area contributed by atoms with Gasteiger partial charge in [0.25, 0.3) is 5.69 Å². The van der Waals surface area contributed by atoms with E-state index in [0.717, 1.165) is 5.69 Å². The molecule has 6 heteroatoms. The van der Waals surface area contributed by atoms with Crippen LogP contribution in [0.25, 0.3) is 0 Å². The van der Waals surface area contributed by atoms with Crippen molar-refractivity contribution in [3.8, 4) is 11.8 Å². The Labute approximate surface area is 121 Å². The van der Waals surface area contributed by atoms with Crippen LogP contribution in [0.5, 0.6) is 5.75 Å². The van der Waals surface area contributed by atoms with Crippen LogP contribution >= 0.6 is 0 Å². The first-order valence-electron chi connectivity index (χ1n) is 6.22. The maximum absolute atomic E-state index is 10.8. The van der Waals surface area contributed by atoms with Crippen molar-refractivity contribution in [1.29, 1.82) is 5.26 Å². The first-order valence-corrected chi connectivity index (χ1v) is 6.22. The molecule has 2 aromatic carbocycles. The lowest BCUT2D eigenvalue weighted by Crippen LogP contribution is -2.02. The predicted octanol–water partition coefficient (Wildman–Crippen LogP) is 3.09. The van der Waals surface area contributed by atoms with E-state index >= 15 is 0 Å². The number of benzene rings is 2. The molecule has 0 heterocycles. The van der Waals surface area contributed by atoms with Gasteiger partial charge in [0.2, 0.25) is 0 Å². The summed E-state index contributed by atoms with van der Waals surface area (Å²) in [5.74, 6) is 0.452. The van der Waals surface area contributed by atoms with Gasteiger partial charge in [-0.15, -0.1) is 0 Å². The van der Waals surface area contributed by atoms with Gasteiger partial charge in [-0.05, 0) is 18.2 Å². The molecule has 106 valence electrons. The van der Waals surface area contributed by atoms with Crippen LogP contribution in [0.3, 0.4) is 0 Å². The zero-order valence-corrected chi connectivity index (χ0v) is 11.4. The molecule has 0 spiro atoms. The zero-order chi connectivity index (χ0) is 15.2. The highest BCUT2D eigenvalue weighted by atomic mass is 16.6. The van der Waals surface area contributed by atoms with Crippen LogP contribution in [-0.2, 0) is 6.61 Å². The lowest BCUT2D eigenvalue weighted by Gasteiger charge is -2.11. The lowest BCUT2D eigenvalue weighted by atomic mass is 10.1. The van der Waals surface area contributed by atoms with Crippen molar-refractivity contribution in [1.82, 2.24) is 0 Å². The van der Waals surface area contributed by atoms with Gasteiger partial charge in [-0.25, -0.2) is 0 Å². The standard InChI is InChI=1S/C15H13N3O3/c1-17-14-7-6-13(18(19)20)8-12(14)10-21-15-5-3-2-4-11(15)9-16/h2-8,17H,10H2,1H3. The number of para-hydroxylation sites is 1. The number of nitriles is 1. The fourth-order valence-electron chi connectivity index (χ4n) is 1.90. The molecule has 0 saturated heterocycles. The molecule has 0 aliphatic rings. The molecule has 2 rings (SSSR count). The summed E-state index contributed by atoms with van der Waals surface area (Å²) in [6, 6.07) is 13.4. The number of ether oxygens (including phenoxy) is 1. The van der Waals surface area contributed by atoms with Gasteiger partial charge in [0.15, 0.2) is 0 Å². The van der Waals surface area contributed by atoms with E-state index in [2.05, 4.69) is 5.32 Å². The van der Waals surface area contributed by atoms with E-state index in [9.17, 15) is 10.1 Å². The monoisotopic (exact) mass is 283 g/mol. The highest BCUT2D eigenvalue weighted by molar-refractivity contribution is 5.55. The minimum absolute atomic E-state index is 0.00108. The zero-order valence-electron chi connectivity index (χ0n) is 11.4. The molecule has 0 bridgehead atoms. The van der Waals surface area contributed by atoms with E-state index in [4.69, 9.17) is 10.00 Å². The Morgan fingerprint density at radius 1 is 1.33 bits per heavy atom. The number of anilines is 1. The van der Waals surface area contributed by atoms with Gasteiger partial charge in [0.05, 0.1) is 10.5 Å². The summed E-state index contributed by atoms with van der Waals surface area (Å²) in [4.78, 5) is 10.4. The molecule has 1 N–H and O–H groups in total. The molecule has 0 saturated carbocycles. The highest BCUT2D eigenvalue weighted by Crippen LogP contribution is 2.24. The van der Waals surface area contributed by atoms with E-state index in [0.29, 0.717) is 16.9 Å². The number of nitro benzene ring substituents is 1. The van der Waals surface area contributed by atoms with Gasteiger partial charge < -0.3 is 10.1 Å². The molecule has 21 heavy (non-hydrogen) atoms. The molecule has 0 aliphatic carbocycles. The summed E-state index contributed by atoms with van der Waals surface area (Å²) in [7, 11) is 1.73. The van der Waals surface area contributed by atoms with Crippen LogP contribution in [0.4, 0.5) is 11.4 Å². The highest BCUT2D eigenvalue weighted by Gasteiger charge is 2.11. The van der Waals surface area contributed by atoms with Crippen LogP contribution in [0.15, 0.2) is 42.5 Å². The van der Waals surface area contributed by atoms with Gasteiger partial charge in [-0.2, -0.15) is 5.26 Å². The Morgan fingerprint density at radius 3 is 2.76 bits per heavy atom. The quantitative estimate of drug-likeness (QED) is 0.673. The summed E-state index contributed by atoms with van der Waals surface area (Å²) in [5.41, 5.74) is 1.82. The first-order chi connectivity index (χ1) is 10.2. The summed E-state index contributed by atoms with van der Waals surface area (Å²) >= 11 is 0. The van der Waals surface area contributed by atoms with Gasteiger partial charge in [-0.3, -0.25) is 10.1 Å². The van der Waals surface area contributed by atoms with Gasteiger partial charge in [0.1, 0.15) is 18.4 Å². The first kappa shape index (κ1) is 14.3. The van der Waals surface area contributed by atoms with Crippen molar-refractivity contribution in [2.75, 3.05) is 12.4 Å². The van der Waals surface area contributed by atoms with Crippen LogP contribution < -0.4 is 10.1 Å². The third-order valence-corrected chi connectivity index (χ3v) is 2.96. The molecule has 0 amide bonds. The maximum atomic E-state index is 10.8. The number of hydrogen-bond acceptors (Lipinski definition) is 5. The van der Waals surface area contributed by atoms with Gasteiger partial charge in [-0.1, -0.05) is 12.1 Å². The summed E-state index contributed by atoms with van der Waals surface area (Å²) in [5, 5.41) is 22.8. The minimum atomic E-state index is -0.452. The smallest absolute Gasteiger partial charge is 0.269 e. The van der Waals surface area contributed by atoms with E-state index in [-0.39, 0.29) is 12.3 Å². The van der Waals surface area contributed by atoms with Gasteiger partial charge in [0, 0.05) is 30.4 Å². The van der Waals surface area contributed by atoms with Crippen LogP contribution in [0.2, 0.25) is 0 Å². The SMILES string of the molecule is CNc1ccc([N+](=O)[O-])cc1COc1ccccc1C#N. The van der Waals surface area contributed by atoms with Crippen LogP contribution in [-0.4, -0.2) is 12.0 Å². The molecule has 0 atom stereocenters. The van der Waals surface area contributed by atoms with Crippen molar-refractivity contribution in [3.63, 3.8) is 0 Å². The Kier molecular flexibility index (Phi) is 4.36. The summed E-state index contributed by atoms with van der Waals surface area (Å²) in [6.45, 7) is 0.135. The summed E-state index contributed by atoms with van der Waals surface area (Å²) < 4.78 is 5.61. The lowest BCUT2D eigenvalue weighted by molar-refractivity contribution is -0.384. The van der Waals surface area contributed by atoms with Crippen molar-refractivity contribution in [2.24, 2.45) is 0 Å².